The molecule has 0 bridgehead atoms. The summed E-state index contributed by atoms with van der Waals surface area (Å²) in [4.78, 5) is 30.7. The fourth-order valence-electron chi connectivity index (χ4n) is 3.17. The standard InChI is InChI=1S/C22H22N4O3S/c1-15(27)23-19-4-2-3-17(13-19)21(28)24-18-7-5-16(6-8-18)20-14-30-22(25-20)26-9-11-29-12-10-26/h2-8,13-14H,9-12H2,1H3,(H,23,27)(H,24,28). The topological polar surface area (TPSA) is 83.6 Å². The summed E-state index contributed by atoms with van der Waals surface area (Å²) < 4.78 is 5.39. The Bertz CT molecular complexity index is 1040. The second kappa shape index (κ2) is 9.06. The number of hydrogen-bond acceptors (Lipinski definition) is 6. The van der Waals surface area contributed by atoms with Crippen molar-refractivity contribution in [1.29, 1.82) is 0 Å². The van der Waals surface area contributed by atoms with Crippen LogP contribution in [0.3, 0.4) is 0 Å². The van der Waals surface area contributed by atoms with Crippen LogP contribution in [0.2, 0.25) is 0 Å². The van der Waals surface area contributed by atoms with Crippen LogP contribution in [0.4, 0.5) is 16.5 Å². The summed E-state index contributed by atoms with van der Waals surface area (Å²) in [5.74, 6) is -0.417. The van der Waals surface area contributed by atoms with Gasteiger partial charge in [-0.1, -0.05) is 18.2 Å². The number of thiazole rings is 1. The lowest BCUT2D eigenvalue weighted by molar-refractivity contribution is -0.114. The van der Waals surface area contributed by atoms with Gasteiger partial charge in [0.05, 0.1) is 18.9 Å². The molecule has 30 heavy (non-hydrogen) atoms. The number of hydrogen-bond donors (Lipinski definition) is 2. The maximum absolute atomic E-state index is 12.5. The molecule has 1 saturated heterocycles. The number of morpholine rings is 1. The van der Waals surface area contributed by atoms with E-state index in [2.05, 4.69) is 15.5 Å². The van der Waals surface area contributed by atoms with Crippen molar-refractivity contribution >= 4 is 39.7 Å². The number of carbonyl (C=O) groups excluding carboxylic acids is 2. The van der Waals surface area contributed by atoms with Crippen LogP contribution in [0.15, 0.2) is 53.9 Å². The predicted octanol–water partition coefficient (Wildman–Crippen LogP) is 3.86. The molecule has 1 aliphatic heterocycles. The summed E-state index contributed by atoms with van der Waals surface area (Å²) in [6.45, 7) is 4.62. The second-order valence-electron chi connectivity index (χ2n) is 6.91. The number of nitrogens with zero attached hydrogens (tertiary/aromatic N) is 2. The van der Waals surface area contributed by atoms with Crippen LogP contribution in [0.25, 0.3) is 11.3 Å². The number of amides is 2. The van der Waals surface area contributed by atoms with E-state index in [9.17, 15) is 9.59 Å². The Morgan fingerprint density at radius 3 is 2.53 bits per heavy atom. The zero-order valence-electron chi connectivity index (χ0n) is 16.6. The minimum absolute atomic E-state index is 0.179. The number of anilines is 3. The quantitative estimate of drug-likeness (QED) is 0.652. The Morgan fingerprint density at radius 1 is 1.03 bits per heavy atom. The van der Waals surface area contributed by atoms with E-state index in [0.717, 1.165) is 42.7 Å². The fraction of sp³-hybridized carbons (Fsp3) is 0.227. The molecule has 0 saturated carbocycles. The zero-order valence-corrected chi connectivity index (χ0v) is 17.4. The van der Waals surface area contributed by atoms with Crippen molar-refractivity contribution in [2.75, 3.05) is 41.8 Å². The fourth-order valence-corrected chi connectivity index (χ4v) is 4.05. The Kier molecular flexibility index (Phi) is 6.06. The third-order valence-electron chi connectivity index (χ3n) is 4.66. The molecule has 0 radical (unpaired) electrons. The summed E-state index contributed by atoms with van der Waals surface area (Å²) in [6.07, 6.45) is 0. The molecule has 1 fully saturated rings. The van der Waals surface area contributed by atoms with E-state index in [-0.39, 0.29) is 11.8 Å². The van der Waals surface area contributed by atoms with Gasteiger partial charge in [0.1, 0.15) is 0 Å². The second-order valence-corrected chi connectivity index (χ2v) is 7.74. The number of benzene rings is 2. The van der Waals surface area contributed by atoms with E-state index in [1.165, 1.54) is 6.92 Å². The molecular weight excluding hydrogens is 400 g/mol. The third kappa shape index (κ3) is 4.84. The number of rotatable bonds is 5. The van der Waals surface area contributed by atoms with Gasteiger partial charge >= 0.3 is 0 Å². The van der Waals surface area contributed by atoms with Crippen LogP contribution >= 0.6 is 11.3 Å². The van der Waals surface area contributed by atoms with Crippen LogP contribution < -0.4 is 15.5 Å². The first-order valence-electron chi connectivity index (χ1n) is 9.66. The lowest BCUT2D eigenvalue weighted by atomic mass is 10.1. The molecule has 0 aliphatic carbocycles. The Labute approximate surface area is 178 Å². The van der Waals surface area contributed by atoms with Crippen molar-refractivity contribution in [2.24, 2.45) is 0 Å². The smallest absolute Gasteiger partial charge is 0.255 e. The maximum atomic E-state index is 12.5. The molecule has 1 aliphatic rings. The molecule has 2 N–H and O–H groups in total. The van der Waals surface area contributed by atoms with Crippen LogP contribution in [0.5, 0.6) is 0 Å². The van der Waals surface area contributed by atoms with Crippen molar-refractivity contribution in [1.82, 2.24) is 4.98 Å². The first-order valence-corrected chi connectivity index (χ1v) is 10.5. The number of ether oxygens (including phenoxy) is 1. The van der Waals surface area contributed by atoms with Gasteiger partial charge in [0.2, 0.25) is 5.91 Å². The third-order valence-corrected chi connectivity index (χ3v) is 5.56. The van der Waals surface area contributed by atoms with E-state index in [4.69, 9.17) is 9.72 Å². The maximum Gasteiger partial charge on any atom is 0.255 e. The molecule has 8 heteroatoms. The molecule has 4 rings (SSSR count). The van der Waals surface area contributed by atoms with Crippen molar-refractivity contribution in [3.63, 3.8) is 0 Å². The van der Waals surface area contributed by atoms with E-state index in [1.807, 2.05) is 29.6 Å². The predicted molar refractivity (Wildman–Crippen MR) is 119 cm³/mol. The first kappa shape index (κ1) is 20.1. The molecule has 3 aromatic rings. The lowest BCUT2D eigenvalue weighted by Gasteiger charge is -2.26. The van der Waals surface area contributed by atoms with Crippen molar-refractivity contribution in [2.45, 2.75) is 6.92 Å². The van der Waals surface area contributed by atoms with E-state index < -0.39 is 0 Å². The van der Waals surface area contributed by atoms with Crippen molar-refractivity contribution in [3.05, 3.63) is 59.5 Å². The monoisotopic (exact) mass is 422 g/mol. The van der Waals surface area contributed by atoms with E-state index >= 15 is 0 Å². The van der Waals surface area contributed by atoms with Gasteiger partial charge in [-0.3, -0.25) is 9.59 Å². The number of carbonyl (C=O) groups is 2. The molecule has 2 heterocycles. The molecule has 2 amide bonds. The number of nitrogens with one attached hydrogen (secondary N) is 2. The Hall–Kier alpha value is -3.23. The zero-order chi connectivity index (χ0) is 20.9. The molecule has 0 spiro atoms. The van der Waals surface area contributed by atoms with Crippen LogP contribution in [-0.2, 0) is 9.53 Å². The molecular formula is C22H22N4O3S. The van der Waals surface area contributed by atoms with Crippen LogP contribution in [0, 0.1) is 0 Å². The molecule has 2 aromatic carbocycles. The van der Waals surface area contributed by atoms with Gasteiger partial charge in [-0.2, -0.15) is 0 Å². The van der Waals surface area contributed by atoms with Gasteiger partial charge in [0.25, 0.3) is 5.91 Å². The van der Waals surface area contributed by atoms with Crippen molar-refractivity contribution in [3.8, 4) is 11.3 Å². The largest absolute Gasteiger partial charge is 0.378 e. The number of aromatic nitrogens is 1. The highest BCUT2D eigenvalue weighted by Crippen LogP contribution is 2.28. The molecule has 154 valence electrons. The van der Waals surface area contributed by atoms with Gasteiger partial charge in [-0.05, 0) is 30.3 Å². The van der Waals surface area contributed by atoms with Crippen molar-refractivity contribution < 1.29 is 14.3 Å². The highest BCUT2D eigenvalue weighted by molar-refractivity contribution is 7.14. The minimum atomic E-state index is -0.238. The van der Waals surface area contributed by atoms with Crippen LogP contribution in [0.1, 0.15) is 17.3 Å². The highest BCUT2D eigenvalue weighted by atomic mass is 32.1. The van der Waals surface area contributed by atoms with Gasteiger partial charge in [0, 0.05) is 47.9 Å². The normalized spacial score (nSPS) is 13.7. The summed E-state index contributed by atoms with van der Waals surface area (Å²) in [6, 6.07) is 14.4. The first-order chi connectivity index (χ1) is 14.6. The average Bonchev–Trinajstić information content (AvgIpc) is 3.25. The van der Waals surface area contributed by atoms with Gasteiger partial charge in [-0.15, -0.1) is 11.3 Å². The minimum Gasteiger partial charge on any atom is -0.378 e. The molecule has 0 unspecified atom stereocenters. The highest BCUT2D eigenvalue weighted by Gasteiger charge is 2.15. The Morgan fingerprint density at radius 2 is 1.80 bits per heavy atom. The van der Waals surface area contributed by atoms with Crippen LogP contribution in [-0.4, -0.2) is 43.1 Å². The summed E-state index contributed by atoms with van der Waals surface area (Å²) in [7, 11) is 0. The Balaban J connectivity index is 1.42. The van der Waals surface area contributed by atoms with E-state index in [1.54, 1.807) is 35.6 Å². The lowest BCUT2D eigenvalue weighted by Crippen LogP contribution is -2.36. The SMILES string of the molecule is CC(=O)Nc1cccc(C(=O)Nc2ccc(-c3csc(N4CCOCC4)n3)cc2)c1. The summed E-state index contributed by atoms with van der Waals surface area (Å²) >= 11 is 1.63. The summed E-state index contributed by atoms with van der Waals surface area (Å²) in [5, 5.41) is 8.61. The van der Waals surface area contributed by atoms with Gasteiger partial charge in [0.15, 0.2) is 5.13 Å². The van der Waals surface area contributed by atoms with E-state index in [0.29, 0.717) is 16.9 Å². The van der Waals surface area contributed by atoms with Gasteiger partial charge < -0.3 is 20.3 Å². The molecule has 1 aromatic heterocycles. The molecule has 7 nitrogen and oxygen atoms in total. The van der Waals surface area contributed by atoms with Gasteiger partial charge in [-0.25, -0.2) is 4.98 Å². The average molecular weight is 423 g/mol. The summed E-state index contributed by atoms with van der Waals surface area (Å²) in [5.41, 5.74) is 3.67. The molecule has 0 atom stereocenters.